The van der Waals surface area contributed by atoms with Crippen LogP contribution in [0.1, 0.15) is 44.4 Å². The zero-order valence-electron chi connectivity index (χ0n) is 10.4. The summed E-state index contributed by atoms with van der Waals surface area (Å²) >= 11 is 1.77. The molecule has 0 bridgehead atoms. The average molecular weight is 241 g/mol. The van der Waals surface area contributed by atoms with E-state index in [9.17, 15) is 4.39 Å². The van der Waals surface area contributed by atoms with Gasteiger partial charge in [-0.05, 0) is 43.5 Å². The maximum Gasteiger partial charge on any atom is 0.126 e. The Morgan fingerprint density at radius 3 is 2.50 bits per heavy atom. The van der Waals surface area contributed by atoms with Crippen molar-refractivity contribution in [3.05, 3.63) is 29.1 Å². The van der Waals surface area contributed by atoms with E-state index in [1.165, 1.54) is 0 Å². The molecular formula is C13H20FNS. The Balaban J connectivity index is 3.09. The zero-order valence-corrected chi connectivity index (χ0v) is 11.2. The van der Waals surface area contributed by atoms with Crippen LogP contribution in [0.15, 0.2) is 17.0 Å². The number of rotatable bonds is 4. The van der Waals surface area contributed by atoms with E-state index in [0.717, 1.165) is 16.9 Å². The maximum absolute atomic E-state index is 13.5. The van der Waals surface area contributed by atoms with Crippen LogP contribution in [0.25, 0.3) is 0 Å². The van der Waals surface area contributed by atoms with Gasteiger partial charge < -0.3 is 5.73 Å². The van der Waals surface area contributed by atoms with Crippen molar-refractivity contribution < 1.29 is 4.39 Å². The molecule has 16 heavy (non-hydrogen) atoms. The normalized spacial score (nSPS) is 14.9. The number of halogens is 1. The third-order valence-corrected chi connectivity index (χ3v) is 4.03. The Hall–Kier alpha value is -0.540. The van der Waals surface area contributed by atoms with E-state index in [1.807, 2.05) is 13.0 Å². The summed E-state index contributed by atoms with van der Waals surface area (Å²) in [5.74, 6) is -0.166. The number of thioether (sulfide) groups is 1. The minimum Gasteiger partial charge on any atom is -0.324 e. The first-order valence-corrected chi connectivity index (χ1v) is 6.56. The molecule has 0 aliphatic carbocycles. The van der Waals surface area contributed by atoms with Crippen LogP contribution in [0.5, 0.6) is 0 Å². The summed E-state index contributed by atoms with van der Waals surface area (Å²) in [6, 6.07) is 3.36. The second-order valence-electron chi connectivity index (χ2n) is 4.26. The van der Waals surface area contributed by atoms with Crippen molar-refractivity contribution in [2.45, 2.75) is 50.3 Å². The molecule has 1 nitrogen and oxygen atoms in total. The van der Waals surface area contributed by atoms with Crippen LogP contribution in [-0.4, -0.2) is 5.25 Å². The van der Waals surface area contributed by atoms with Crippen molar-refractivity contribution in [3.8, 4) is 0 Å². The Bertz CT molecular complexity index is 363. The Morgan fingerprint density at radius 2 is 2.00 bits per heavy atom. The highest BCUT2D eigenvalue weighted by Gasteiger charge is 2.13. The first kappa shape index (κ1) is 13.5. The highest BCUT2D eigenvalue weighted by Crippen LogP contribution is 2.32. The molecule has 0 fully saturated rings. The van der Waals surface area contributed by atoms with Crippen molar-refractivity contribution in [2.24, 2.45) is 5.73 Å². The zero-order chi connectivity index (χ0) is 12.3. The van der Waals surface area contributed by atoms with E-state index in [4.69, 9.17) is 5.73 Å². The number of aryl methyl sites for hydroxylation is 1. The van der Waals surface area contributed by atoms with E-state index in [-0.39, 0.29) is 11.9 Å². The second kappa shape index (κ2) is 5.69. The topological polar surface area (TPSA) is 26.0 Å². The molecule has 0 spiro atoms. The van der Waals surface area contributed by atoms with Gasteiger partial charge in [-0.25, -0.2) is 4.39 Å². The van der Waals surface area contributed by atoms with Crippen LogP contribution in [0.4, 0.5) is 4.39 Å². The molecule has 3 heteroatoms. The monoisotopic (exact) mass is 241 g/mol. The summed E-state index contributed by atoms with van der Waals surface area (Å²) in [5, 5.41) is 0.530. The van der Waals surface area contributed by atoms with Crippen molar-refractivity contribution >= 4 is 11.8 Å². The van der Waals surface area contributed by atoms with E-state index in [2.05, 4.69) is 13.8 Å². The van der Waals surface area contributed by atoms with Crippen molar-refractivity contribution in [1.29, 1.82) is 0 Å². The van der Waals surface area contributed by atoms with E-state index in [0.29, 0.717) is 10.8 Å². The highest BCUT2D eigenvalue weighted by atomic mass is 32.2. The summed E-state index contributed by atoms with van der Waals surface area (Å²) in [6.45, 7) is 8.01. The Kier molecular flexibility index (Phi) is 4.81. The Labute approximate surface area is 102 Å². The average Bonchev–Trinajstić information content (AvgIpc) is 2.22. The minimum atomic E-state index is -0.166. The van der Waals surface area contributed by atoms with E-state index >= 15 is 0 Å². The molecule has 2 atom stereocenters. The highest BCUT2D eigenvalue weighted by molar-refractivity contribution is 8.00. The summed E-state index contributed by atoms with van der Waals surface area (Å²) in [5.41, 5.74) is 7.47. The Morgan fingerprint density at radius 1 is 1.38 bits per heavy atom. The van der Waals surface area contributed by atoms with Crippen LogP contribution in [0.2, 0.25) is 0 Å². The molecule has 1 rings (SSSR count). The van der Waals surface area contributed by atoms with Crippen LogP contribution in [0.3, 0.4) is 0 Å². The number of nitrogens with two attached hydrogens (primary N) is 1. The molecule has 1 unspecified atom stereocenters. The molecule has 0 saturated carbocycles. The predicted molar refractivity (Wildman–Crippen MR) is 69.3 cm³/mol. The van der Waals surface area contributed by atoms with Crippen molar-refractivity contribution in [3.63, 3.8) is 0 Å². The van der Waals surface area contributed by atoms with Gasteiger partial charge in [0.15, 0.2) is 0 Å². The lowest BCUT2D eigenvalue weighted by atomic mass is 10.1. The van der Waals surface area contributed by atoms with Gasteiger partial charge in [-0.3, -0.25) is 0 Å². The van der Waals surface area contributed by atoms with Gasteiger partial charge in [-0.2, -0.15) is 0 Å². The smallest absolute Gasteiger partial charge is 0.126 e. The molecule has 0 aliphatic heterocycles. The first-order chi connectivity index (χ1) is 7.45. The summed E-state index contributed by atoms with van der Waals surface area (Å²) in [4.78, 5) is 1.11. The van der Waals surface area contributed by atoms with Gasteiger partial charge >= 0.3 is 0 Å². The standard InChI is InChI=1S/C13H20FNS/c1-5-9(3)16-13-6-8(2)12(14)7-11(13)10(4)15/h6-7,9-10H,5,15H2,1-4H3/t9?,10-/m1/s1. The second-order valence-corrected chi connectivity index (χ2v) is 5.74. The molecule has 90 valence electrons. The number of benzene rings is 1. The lowest BCUT2D eigenvalue weighted by Gasteiger charge is -2.16. The van der Waals surface area contributed by atoms with E-state index < -0.39 is 0 Å². The van der Waals surface area contributed by atoms with Gasteiger partial charge in [0.1, 0.15) is 5.82 Å². The molecule has 2 N–H and O–H groups in total. The molecule has 0 heterocycles. The van der Waals surface area contributed by atoms with Gasteiger partial charge in [-0.15, -0.1) is 11.8 Å². The summed E-state index contributed by atoms with van der Waals surface area (Å²) in [7, 11) is 0. The quantitative estimate of drug-likeness (QED) is 0.805. The van der Waals surface area contributed by atoms with Crippen LogP contribution in [0, 0.1) is 12.7 Å². The summed E-state index contributed by atoms with van der Waals surface area (Å²) in [6.07, 6.45) is 1.10. The summed E-state index contributed by atoms with van der Waals surface area (Å²) < 4.78 is 13.5. The lowest BCUT2D eigenvalue weighted by molar-refractivity contribution is 0.610. The predicted octanol–water partition coefficient (Wildman–Crippen LogP) is 4.04. The van der Waals surface area contributed by atoms with Crippen LogP contribution >= 0.6 is 11.8 Å². The fourth-order valence-electron chi connectivity index (χ4n) is 1.43. The molecule has 1 aromatic carbocycles. The van der Waals surface area contributed by atoms with Crippen LogP contribution in [-0.2, 0) is 0 Å². The van der Waals surface area contributed by atoms with Crippen LogP contribution < -0.4 is 5.73 Å². The van der Waals surface area contributed by atoms with Crippen molar-refractivity contribution in [2.75, 3.05) is 0 Å². The van der Waals surface area contributed by atoms with Gasteiger partial charge in [0, 0.05) is 16.2 Å². The largest absolute Gasteiger partial charge is 0.324 e. The van der Waals surface area contributed by atoms with Gasteiger partial charge in [0.2, 0.25) is 0 Å². The van der Waals surface area contributed by atoms with E-state index in [1.54, 1.807) is 24.8 Å². The van der Waals surface area contributed by atoms with Gasteiger partial charge in [0.25, 0.3) is 0 Å². The molecule has 0 saturated heterocycles. The molecule has 0 radical (unpaired) electrons. The SMILES string of the molecule is CCC(C)Sc1cc(C)c(F)cc1[C@@H](C)N. The lowest BCUT2D eigenvalue weighted by Crippen LogP contribution is -2.08. The molecule has 0 aliphatic rings. The third kappa shape index (κ3) is 3.22. The molecular weight excluding hydrogens is 221 g/mol. The van der Waals surface area contributed by atoms with Gasteiger partial charge in [-0.1, -0.05) is 13.8 Å². The minimum absolute atomic E-state index is 0.123. The fraction of sp³-hybridized carbons (Fsp3) is 0.538. The number of hydrogen-bond acceptors (Lipinski definition) is 2. The fourth-order valence-corrected chi connectivity index (χ4v) is 2.65. The van der Waals surface area contributed by atoms with Gasteiger partial charge in [0.05, 0.1) is 0 Å². The molecule has 0 amide bonds. The van der Waals surface area contributed by atoms with Crippen molar-refractivity contribution in [1.82, 2.24) is 0 Å². The maximum atomic E-state index is 13.5. The third-order valence-electron chi connectivity index (χ3n) is 2.68. The first-order valence-electron chi connectivity index (χ1n) is 5.68. The molecule has 0 aromatic heterocycles. The molecule has 1 aromatic rings. The number of hydrogen-bond donors (Lipinski definition) is 1.